The van der Waals surface area contributed by atoms with Gasteiger partial charge < -0.3 is 4.90 Å². The van der Waals surface area contributed by atoms with Crippen LogP contribution in [0.4, 0.5) is 11.4 Å². The number of quaternary nitrogens is 1. The highest BCUT2D eigenvalue weighted by atomic mass is 16.6. The number of para-hydroxylation sites is 2. The number of likely N-dealkylation sites (tertiary alicyclic amines) is 1. The number of carbonyl (C=O) groups excluding carboxylic acids is 1. The lowest BCUT2D eigenvalue weighted by Crippen LogP contribution is -3.16. The number of nitrogens with one attached hydrogen (secondary N) is 1. The van der Waals surface area contributed by atoms with Crippen LogP contribution in [0.15, 0.2) is 59.7 Å². The van der Waals surface area contributed by atoms with E-state index < -0.39 is 9.85 Å². The van der Waals surface area contributed by atoms with Gasteiger partial charge >= 0.3 is 0 Å². The fourth-order valence-electron chi connectivity index (χ4n) is 3.49. The van der Waals surface area contributed by atoms with E-state index in [1.54, 1.807) is 48.6 Å². The SMILES string of the molecule is CC(C)[NH+]1C/C(=C\c2ccccc2[N+](=O)[O-])C(=O)/C(=C/c2ccccc2[N+](=O)[O-])C1. The summed E-state index contributed by atoms with van der Waals surface area (Å²) in [7, 11) is 0. The van der Waals surface area contributed by atoms with Gasteiger partial charge in [0.05, 0.1) is 38.2 Å². The van der Waals surface area contributed by atoms with Crippen LogP contribution in [-0.2, 0) is 4.79 Å². The Labute approximate surface area is 173 Å². The van der Waals surface area contributed by atoms with Crippen LogP contribution in [0, 0.1) is 20.2 Å². The number of nitrogens with zero attached hydrogens (tertiary/aromatic N) is 2. The minimum absolute atomic E-state index is 0.0707. The Morgan fingerprint density at radius 2 is 1.23 bits per heavy atom. The highest BCUT2D eigenvalue weighted by molar-refractivity contribution is 6.14. The molecule has 1 heterocycles. The Hall–Kier alpha value is -3.65. The Kier molecular flexibility index (Phi) is 6.17. The van der Waals surface area contributed by atoms with Crippen molar-refractivity contribution in [1.29, 1.82) is 0 Å². The number of Topliss-reactive ketones (excluding diaryl/α,β-unsaturated/α-hetero) is 1. The quantitative estimate of drug-likeness (QED) is 0.465. The molecule has 8 heteroatoms. The van der Waals surface area contributed by atoms with E-state index in [4.69, 9.17) is 0 Å². The zero-order valence-corrected chi connectivity index (χ0v) is 16.7. The monoisotopic (exact) mass is 408 g/mol. The van der Waals surface area contributed by atoms with Gasteiger partial charge in [-0.2, -0.15) is 0 Å². The first kappa shape index (κ1) is 21.1. The summed E-state index contributed by atoms with van der Waals surface area (Å²) in [4.78, 5) is 36.0. The predicted octanol–water partition coefficient (Wildman–Crippen LogP) is 2.85. The van der Waals surface area contributed by atoms with Crippen LogP contribution >= 0.6 is 0 Å². The summed E-state index contributed by atoms with van der Waals surface area (Å²) in [6.45, 7) is 4.90. The third kappa shape index (κ3) is 4.49. The molecule has 0 amide bonds. The van der Waals surface area contributed by atoms with E-state index in [0.29, 0.717) is 35.4 Å². The van der Waals surface area contributed by atoms with Crippen LogP contribution < -0.4 is 4.90 Å². The molecular formula is C22H22N3O5+. The first-order chi connectivity index (χ1) is 14.3. The summed E-state index contributed by atoms with van der Waals surface area (Å²) in [5.41, 5.74) is 1.48. The molecule has 1 saturated heterocycles. The third-order valence-corrected chi connectivity index (χ3v) is 5.16. The van der Waals surface area contributed by atoms with Crippen LogP contribution in [0.25, 0.3) is 12.2 Å². The molecule has 0 saturated carbocycles. The van der Waals surface area contributed by atoms with Crippen molar-refractivity contribution in [3.63, 3.8) is 0 Å². The molecular weight excluding hydrogens is 386 g/mol. The van der Waals surface area contributed by atoms with Crippen molar-refractivity contribution < 1.29 is 19.5 Å². The molecule has 30 heavy (non-hydrogen) atoms. The minimum Gasteiger partial charge on any atom is -0.325 e. The van der Waals surface area contributed by atoms with Gasteiger partial charge in [-0.1, -0.05) is 24.3 Å². The van der Waals surface area contributed by atoms with Crippen molar-refractivity contribution in [2.75, 3.05) is 13.1 Å². The van der Waals surface area contributed by atoms with Crippen LogP contribution in [-0.4, -0.2) is 34.8 Å². The zero-order chi connectivity index (χ0) is 21.8. The zero-order valence-electron chi connectivity index (χ0n) is 16.7. The highest BCUT2D eigenvalue weighted by Gasteiger charge is 2.32. The van der Waals surface area contributed by atoms with Crippen molar-refractivity contribution >= 4 is 29.3 Å². The number of nitro groups is 2. The summed E-state index contributed by atoms with van der Waals surface area (Å²) in [5.74, 6) is -0.240. The van der Waals surface area contributed by atoms with E-state index in [1.807, 2.05) is 13.8 Å². The molecule has 2 aromatic carbocycles. The number of hydrogen-bond donors (Lipinski definition) is 1. The number of ketones is 1. The summed E-state index contributed by atoms with van der Waals surface area (Å²) in [5, 5.41) is 22.7. The fraction of sp³-hybridized carbons (Fsp3) is 0.227. The molecule has 8 nitrogen and oxygen atoms in total. The largest absolute Gasteiger partial charge is 0.325 e. The third-order valence-electron chi connectivity index (χ3n) is 5.16. The maximum atomic E-state index is 13.2. The number of benzene rings is 2. The van der Waals surface area contributed by atoms with Crippen molar-refractivity contribution in [1.82, 2.24) is 0 Å². The topological polar surface area (TPSA) is 108 Å². The maximum Gasteiger partial charge on any atom is 0.276 e. The van der Waals surface area contributed by atoms with Gasteiger partial charge in [-0.3, -0.25) is 25.0 Å². The van der Waals surface area contributed by atoms with E-state index in [2.05, 4.69) is 0 Å². The molecule has 1 aliphatic heterocycles. The number of piperidine rings is 1. The molecule has 3 rings (SSSR count). The lowest BCUT2D eigenvalue weighted by Gasteiger charge is -2.29. The molecule has 0 spiro atoms. The van der Waals surface area contributed by atoms with E-state index in [1.165, 1.54) is 12.1 Å². The molecule has 0 radical (unpaired) electrons. The van der Waals surface area contributed by atoms with Gasteiger partial charge in [0, 0.05) is 12.1 Å². The predicted molar refractivity (Wildman–Crippen MR) is 113 cm³/mol. The molecule has 154 valence electrons. The van der Waals surface area contributed by atoms with Gasteiger partial charge in [0.1, 0.15) is 13.1 Å². The molecule has 1 aliphatic rings. The molecule has 0 bridgehead atoms. The van der Waals surface area contributed by atoms with Crippen LogP contribution in [0.1, 0.15) is 25.0 Å². The second-order valence-corrected chi connectivity index (χ2v) is 7.47. The van der Waals surface area contributed by atoms with Crippen LogP contribution in [0.5, 0.6) is 0 Å². The second-order valence-electron chi connectivity index (χ2n) is 7.47. The Morgan fingerprint density at radius 1 is 0.833 bits per heavy atom. The van der Waals surface area contributed by atoms with Gasteiger partial charge in [0.15, 0.2) is 5.78 Å². The van der Waals surface area contributed by atoms with Gasteiger partial charge in [0.2, 0.25) is 0 Å². The van der Waals surface area contributed by atoms with Gasteiger partial charge in [0.25, 0.3) is 11.4 Å². The van der Waals surface area contributed by atoms with Crippen molar-refractivity contribution in [2.24, 2.45) is 0 Å². The number of carbonyl (C=O) groups is 1. The first-order valence-corrected chi connectivity index (χ1v) is 9.55. The minimum atomic E-state index is -0.475. The maximum absolute atomic E-state index is 13.2. The van der Waals surface area contributed by atoms with Gasteiger partial charge in [-0.15, -0.1) is 0 Å². The average molecular weight is 408 g/mol. The standard InChI is InChI=1S/C22H21N3O5/c1-15(2)23-13-18(11-16-7-3-5-9-20(16)24(27)28)22(26)19(14-23)12-17-8-4-6-10-21(17)25(29)30/h3-12,15H,13-14H2,1-2H3/p+1/b18-11+,19-12+. The summed E-state index contributed by atoms with van der Waals surface area (Å²) in [6, 6.07) is 12.7. The number of nitro benzene ring substituents is 2. The van der Waals surface area contributed by atoms with Crippen LogP contribution in [0.2, 0.25) is 0 Å². The van der Waals surface area contributed by atoms with E-state index in [9.17, 15) is 25.0 Å². The average Bonchev–Trinajstić information content (AvgIpc) is 2.71. The first-order valence-electron chi connectivity index (χ1n) is 9.55. The summed E-state index contributed by atoms with van der Waals surface area (Å²) in [6.07, 6.45) is 3.13. The number of hydrogen-bond acceptors (Lipinski definition) is 5. The van der Waals surface area contributed by atoms with Crippen molar-refractivity contribution in [3.8, 4) is 0 Å². The van der Waals surface area contributed by atoms with E-state index >= 15 is 0 Å². The van der Waals surface area contributed by atoms with E-state index in [0.717, 1.165) is 4.90 Å². The number of rotatable bonds is 5. The molecule has 1 N–H and O–H groups in total. The molecule has 1 fully saturated rings. The highest BCUT2D eigenvalue weighted by Crippen LogP contribution is 2.25. The molecule has 2 aromatic rings. The van der Waals surface area contributed by atoms with Crippen molar-refractivity contribution in [3.05, 3.63) is 91.0 Å². The molecule has 0 aromatic heterocycles. The lowest BCUT2D eigenvalue weighted by atomic mass is 9.93. The Balaban J connectivity index is 2.08. The second kappa shape index (κ2) is 8.79. The lowest BCUT2D eigenvalue weighted by molar-refractivity contribution is -0.912. The molecule has 0 unspecified atom stereocenters. The van der Waals surface area contributed by atoms with E-state index in [-0.39, 0.29) is 23.2 Å². The summed E-state index contributed by atoms with van der Waals surface area (Å²) < 4.78 is 0. The smallest absolute Gasteiger partial charge is 0.276 e. The van der Waals surface area contributed by atoms with Gasteiger partial charge in [-0.25, -0.2) is 0 Å². The van der Waals surface area contributed by atoms with Gasteiger partial charge in [-0.05, 0) is 38.1 Å². The Morgan fingerprint density at radius 3 is 1.60 bits per heavy atom. The van der Waals surface area contributed by atoms with Crippen LogP contribution in [0.3, 0.4) is 0 Å². The molecule has 0 atom stereocenters. The normalized spacial score (nSPS) is 19.4. The summed E-state index contributed by atoms with van der Waals surface area (Å²) >= 11 is 0. The Bertz CT molecular complexity index is 992. The van der Waals surface area contributed by atoms with Crippen molar-refractivity contribution in [2.45, 2.75) is 19.9 Å². The fourth-order valence-corrected chi connectivity index (χ4v) is 3.49. The molecule has 0 aliphatic carbocycles.